The van der Waals surface area contributed by atoms with Crippen LogP contribution in [-0.4, -0.2) is 24.5 Å². The maximum Gasteiger partial charge on any atom is 0.405 e. The minimum absolute atomic E-state index is 0.0144. The summed E-state index contributed by atoms with van der Waals surface area (Å²) in [6.45, 7) is 0.215. The number of halogens is 3. The molecule has 0 aliphatic carbocycles. The minimum Gasteiger partial charge on any atom is -0.370 e. The van der Waals surface area contributed by atoms with Gasteiger partial charge in [0, 0.05) is 12.8 Å². The Balaban J connectivity index is 3.79. The van der Waals surface area contributed by atoms with Gasteiger partial charge < -0.3 is 11.1 Å². The second kappa shape index (κ2) is 5.57. The van der Waals surface area contributed by atoms with Gasteiger partial charge in [0.15, 0.2) is 0 Å². The summed E-state index contributed by atoms with van der Waals surface area (Å²) in [6.07, 6.45) is -4.57. The van der Waals surface area contributed by atoms with Crippen molar-refractivity contribution in [2.75, 3.05) is 6.54 Å². The molecule has 0 rings (SSSR count). The number of nitrogens with two attached hydrogens (primary N) is 1. The molecule has 0 heterocycles. The molecule has 0 bridgehead atoms. The number of nitrogens with one attached hydrogen (secondary N) is 1. The lowest BCUT2D eigenvalue weighted by molar-refractivity contribution is -0.139. The third-order valence-electron chi connectivity index (χ3n) is 1.57. The topological polar surface area (TPSA) is 72.2 Å². The highest BCUT2D eigenvalue weighted by Gasteiger charge is 2.27. The zero-order valence-corrected chi connectivity index (χ0v) is 8.23. The van der Waals surface area contributed by atoms with Gasteiger partial charge in [0.1, 0.15) is 6.54 Å². The molecule has 0 saturated heterocycles. The second-order valence-electron chi connectivity index (χ2n) is 3.37. The number of amides is 2. The first-order valence-electron chi connectivity index (χ1n) is 4.32. The smallest absolute Gasteiger partial charge is 0.370 e. The first-order chi connectivity index (χ1) is 6.70. The van der Waals surface area contributed by atoms with Gasteiger partial charge in [-0.3, -0.25) is 9.59 Å². The van der Waals surface area contributed by atoms with Crippen LogP contribution in [0.25, 0.3) is 0 Å². The van der Waals surface area contributed by atoms with Crippen LogP contribution in [0.2, 0.25) is 0 Å². The molecule has 88 valence electrons. The third-order valence-corrected chi connectivity index (χ3v) is 1.57. The van der Waals surface area contributed by atoms with E-state index in [0.717, 1.165) is 0 Å². The molecule has 0 aliphatic rings. The van der Waals surface area contributed by atoms with Crippen molar-refractivity contribution >= 4 is 11.8 Å². The molecule has 0 spiro atoms. The van der Waals surface area contributed by atoms with Crippen molar-refractivity contribution in [3.05, 3.63) is 0 Å². The predicted octanol–water partition coefficient (Wildman–Crippen LogP) is 0.566. The molecule has 3 N–H and O–H groups in total. The van der Waals surface area contributed by atoms with E-state index in [1.165, 1.54) is 0 Å². The molecule has 7 heteroatoms. The van der Waals surface area contributed by atoms with E-state index < -0.39 is 24.5 Å². The van der Waals surface area contributed by atoms with E-state index in [-0.39, 0.29) is 18.8 Å². The Bertz CT molecular complexity index is 241. The Hall–Kier alpha value is -1.27. The molecule has 0 aromatic heterocycles. The van der Waals surface area contributed by atoms with Gasteiger partial charge in [0.2, 0.25) is 11.8 Å². The van der Waals surface area contributed by atoms with Crippen LogP contribution in [-0.2, 0) is 9.59 Å². The van der Waals surface area contributed by atoms with Crippen LogP contribution >= 0.6 is 0 Å². The van der Waals surface area contributed by atoms with Gasteiger partial charge in [0.05, 0.1) is 0 Å². The normalized spacial score (nSPS) is 13.3. The molecule has 0 aromatic carbocycles. The number of carbonyl (C=O) groups is 2. The predicted molar refractivity (Wildman–Crippen MR) is 46.7 cm³/mol. The van der Waals surface area contributed by atoms with Gasteiger partial charge in [0.25, 0.3) is 0 Å². The highest BCUT2D eigenvalue weighted by atomic mass is 19.4. The first-order valence-corrected chi connectivity index (χ1v) is 4.32. The zero-order chi connectivity index (χ0) is 12.1. The number of hydrogen-bond acceptors (Lipinski definition) is 2. The summed E-state index contributed by atoms with van der Waals surface area (Å²) in [5.74, 6) is -1.66. The molecule has 0 fully saturated rings. The van der Waals surface area contributed by atoms with E-state index >= 15 is 0 Å². The van der Waals surface area contributed by atoms with Gasteiger partial charge in [-0.05, 0) is 5.92 Å². The van der Waals surface area contributed by atoms with Crippen LogP contribution in [0.15, 0.2) is 0 Å². The summed E-state index contributed by atoms with van der Waals surface area (Å²) < 4.78 is 35.0. The summed E-state index contributed by atoms with van der Waals surface area (Å²) in [5, 5.41) is 1.71. The van der Waals surface area contributed by atoms with Crippen molar-refractivity contribution in [2.24, 2.45) is 11.7 Å². The fourth-order valence-electron chi connectivity index (χ4n) is 1.00. The van der Waals surface area contributed by atoms with Gasteiger partial charge in [-0.15, -0.1) is 0 Å². The van der Waals surface area contributed by atoms with Crippen LogP contribution < -0.4 is 11.1 Å². The number of rotatable bonds is 5. The summed E-state index contributed by atoms with van der Waals surface area (Å²) in [7, 11) is 0. The monoisotopic (exact) mass is 226 g/mol. The lowest BCUT2D eigenvalue weighted by atomic mass is 10.0. The maximum absolute atomic E-state index is 11.7. The Morgan fingerprint density at radius 3 is 2.27 bits per heavy atom. The molecule has 0 saturated carbocycles. The van der Waals surface area contributed by atoms with Crippen molar-refractivity contribution in [3.8, 4) is 0 Å². The summed E-state index contributed by atoms with van der Waals surface area (Å²) in [5.41, 5.74) is 4.86. The van der Waals surface area contributed by atoms with E-state index in [1.807, 2.05) is 0 Å². The standard InChI is InChI=1S/C8H13F3N2O2/c1-5(2-6(12)14)3-7(15)13-4-8(9,10)11/h5H,2-4H2,1H3,(H2,12,14)(H,13,15)/t5-/m0/s1. The van der Waals surface area contributed by atoms with Crippen molar-refractivity contribution in [2.45, 2.75) is 25.9 Å². The van der Waals surface area contributed by atoms with Gasteiger partial charge in [-0.1, -0.05) is 6.92 Å². The van der Waals surface area contributed by atoms with E-state index in [0.29, 0.717) is 0 Å². The Morgan fingerprint density at radius 1 is 1.33 bits per heavy atom. The number of alkyl halides is 3. The Kier molecular flexibility index (Phi) is 5.10. The molecule has 0 unspecified atom stereocenters. The number of hydrogen-bond donors (Lipinski definition) is 2. The van der Waals surface area contributed by atoms with E-state index in [2.05, 4.69) is 0 Å². The highest BCUT2D eigenvalue weighted by molar-refractivity contribution is 5.78. The number of carbonyl (C=O) groups excluding carboxylic acids is 2. The Morgan fingerprint density at radius 2 is 1.87 bits per heavy atom. The SMILES string of the molecule is C[C@@H](CC(N)=O)CC(=O)NCC(F)(F)F. The molecular weight excluding hydrogens is 213 g/mol. The molecule has 1 atom stereocenters. The van der Waals surface area contributed by atoms with E-state index in [9.17, 15) is 22.8 Å². The minimum atomic E-state index is -4.41. The highest BCUT2D eigenvalue weighted by Crippen LogP contribution is 2.13. The van der Waals surface area contributed by atoms with Crippen LogP contribution in [0, 0.1) is 5.92 Å². The molecule has 2 amide bonds. The molecule has 4 nitrogen and oxygen atoms in total. The lowest BCUT2D eigenvalue weighted by Crippen LogP contribution is -2.34. The van der Waals surface area contributed by atoms with Crippen molar-refractivity contribution in [1.82, 2.24) is 5.32 Å². The lowest BCUT2D eigenvalue weighted by Gasteiger charge is -2.11. The zero-order valence-electron chi connectivity index (χ0n) is 8.23. The largest absolute Gasteiger partial charge is 0.405 e. The first kappa shape index (κ1) is 13.7. The molecule has 0 radical (unpaired) electrons. The molecular formula is C8H13F3N2O2. The fraction of sp³-hybridized carbons (Fsp3) is 0.750. The van der Waals surface area contributed by atoms with Gasteiger partial charge in [-0.25, -0.2) is 0 Å². The van der Waals surface area contributed by atoms with Crippen molar-refractivity contribution < 1.29 is 22.8 Å². The summed E-state index contributed by atoms with van der Waals surface area (Å²) >= 11 is 0. The van der Waals surface area contributed by atoms with Gasteiger partial charge >= 0.3 is 6.18 Å². The van der Waals surface area contributed by atoms with E-state index in [1.54, 1.807) is 12.2 Å². The average Bonchev–Trinajstić information content (AvgIpc) is 1.97. The third kappa shape index (κ3) is 9.04. The summed E-state index contributed by atoms with van der Waals surface area (Å²) in [4.78, 5) is 21.3. The second-order valence-corrected chi connectivity index (χ2v) is 3.37. The summed E-state index contributed by atoms with van der Waals surface area (Å²) in [6, 6.07) is 0. The van der Waals surface area contributed by atoms with Crippen LogP contribution in [0.4, 0.5) is 13.2 Å². The number of primary amides is 1. The molecule has 0 aliphatic heterocycles. The van der Waals surface area contributed by atoms with Crippen molar-refractivity contribution in [3.63, 3.8) is 0 Å². The molecule has 0 aromatic rings. The average molecular weight is 226 g/mol. The fourth-order valence-corrected chi connectivity index (χ4v) is 1.00. The molecule has 15 heavy (non-hydrogen) atoms. The van der Waals surface area contributed by atoms with Crippen LogP contribution in [0.1, 0.15) is 19.8 Å². The van der Waals surface area contributed by atoms with E-state index in [4.69, 9.17) is 5.73 Å². The van der Waals surface area contributed by atoms with Gasteiger partial charge in [-0.2, -0.15) is 13.2 Å². The Labute approximate surface area is 85.0 Å². The quantitative estimate of drug-likeness (QED) is 0.719. The van der Waals surface area contributed by atoms with Crippen molar-refractivity contribution in [1.29, 1.82) is 0 Å². The van der Waals surface area contributed by atoms with Crippen LogP contribution in [0.3, 0.4) is 0 Å². The van der Waals surface area contributed by atoms with Crippen LogP contribution in [0.5, 0.6) is 0 Å². The maximum atomic E-state index is 11.7.